The van der Waals surface area contributed by atoms with Gasteiger partial charge in [-0.15, -0.1) is 0 Å². The molecule has 0 heterocycles. The molecule has 1 aromatic rings. The van der Waals surface area contributed by atoms with Crippen LogP contribution in [0.2, 0.25) is 0 Å². The molecule has 1 rings (SSSR count). The van der Waals surface area contributed by atoms with Crippen molar-refractivity contribution in [1.29, 1.82) is 0 Å². The summed E-state index contributed by atoms with van der Waals surface area (Å²) in [6, 6.07) is 9.54. The highest BCUT2D eigenvalue weighted by atomic mass is 16.6. The van der Waals surface area contributed by atoms with Crippen molar-refractivity contribution in [2.75, 3.05) is 6.54 Å². The molecule has 1 unspecified atom stereocenters. The number of rotatable bonds is 2. The molecule has 1 aromatic carbocycles. The molecule has 17 heavy (non-hydrogen) atoms. The van der Waals surface area contributed by atoms with E-state index < -0.39 is 0 Å². The van der Waals surface area contributed by atoms with Crippen molar-refractivity contribution in [3.63, 3.8) is 0 Å². The van der Waals surface area contributed by atoms with Crippen molar-refractivity contribution in [2.24, 2.45) is 11.3 Å². The normalized spacial score (nSPS) is 12.4. The summed E-state index contributed by atoms with van der Waals surface area (Å²) in [6.45, 7) is 5.81. The molecule has 3 heteroatoms. The van der Waals surface area contributed by atoms with Crippen LogP contribution in [-0.4, -0.2) is 11.5 Å². The molecule has 0 spiro atoms. The first-order chi connectivity index (χ1) is 7.89. The standard InChI is InChI=1S/C14H17NO2/c1-14(2,3)13(11-15(16)17)10-9-12-7-5-4-6-8-12/h4-8,13H,11H2,1-3H3. The van der Waals surface area contributed by atoms with E-state index in [9.17, 15) is 10.1 Å². The van der Waals surface area contributed by atoms with Crippen LogP contribution in [0.1, 0.15) is 26.3 Å². The maximum absolute atomic E-state index is 10.6. The summed E-state index contributed by atoms with van der Waals surface area (Å²) in [7, 11) is 0. The monoisotopic (exact) mass is 231 g/mol. The third-order valence-corrected chi connectivity index (χ3v) is 2.54. The molecule has 0 aliphatic carbocycles. The Morgan fingerprint density at radius 3 is 2.35 bits per heavy atom. The lowest BCUT2D eigenvalue weighted by Gasteiger charge is -2.22. The van der Waals surface area contributed by atoms with Gasteiger partial charge in [0.1, 0.15) is 0 Å². The Balaban J connectivity index is 2.88. The minimum atomic E-state index is -0.296. The molecule has 0 N–H and O–H groups in total. The van der Waals surface area contributed by atoms with Crippen LogP contribution in [0.15, 0.2) is 30.3 Å². The SMILES string of the molecule is CC(C)(C)C(C#Cc1ccccc1)C[N+](=O)[O-]. The van der Waals surface area contributed by atoms with E-state index >= 15 is 0 Å². The van der Waals surface area contributed by atoms with Gasteiger partial charge in [-0.2, -0.15) is 0 Å². The minimum absolute atomic E-state index is 0.108. The lowest BCUT2D eigenvalue weighted by Crippen LogP contribution is -2.26. The van der Waals surface area contributed by atoms with Crippen LogP contribution in [0.5, 0.6) is 0 Å². The molecular weight excluding hydrogens is 214 g/mol. The van der Waals surface area contributed by atoms with Crippen LogP contribution < -0.4 is 0 Å². The molecule has 0 amide bonds. The zero-order valence-corrected chi connectivity index (χ0v) is 10.4. The van der Waals surface area contributed by atoms with Gasteiger partial charge < -0.3 is 0 Å². The molecule has 0 saturated heterocycles. The Bertz CT molecular complexity index is 435. The molecule has 90 valence electrons. The maximum Gasteiger partial charge on any atom is 0.218 e. The molecule has 0 bridgehead atoms. The van der Waals surface area contributed by atoms with E-state index in [0.29, 0.717) is 0 Å². The van der Waals surface area contributed by atoms with E-state index in [4.69, 9.17) is 0 Å². The summed E-state index contributed by atoms with van der Waals surface area (Å²) in [6.07, 6.45) is 0. The summed E-state index contributed by atoms with van der Waals surface area (Å²) < 4.78 is 0. The minimum Gasteiger partial charge on any atom is -0.264 e. The highest BCUT2D eigenvalue weighted by molar-refractivity contribution is 5.34. The Morgan fingerprint density at radius 2 is 1.88 bits per heavy atom. The smallest absolute Gasteiger partial charge is 0.218 e. The summed E-state index contributed by atoms with van der Waals surface area (Å²) >= 11 is 0. The molecule has 0 saturated carbocycles. The summed E-state index contributed by atoms with van der Waals surface area (Å²) in [5.74, 6) is 5.78. The number of hydrogen-bond donors (Lipinski definition) is 0. The second kappa shape index (κ2) is 5.49. The zero-order chi connectivity index (χ0) is 12.9. The highest BCUT2D eigenvalue weighted by Crippen LogP contribution is 2.25. The van der Waals surface area contributed by atoms with Crippen LogP contribution >= 0.6 is 0 Å². The van der Waals surface area contributed by atoms with Gasteiger partial charge in [-0.25, -0.2) is 0 Å². The quantitative estimate of drug-likeness (QED) is 0.446. The van der Waals surface area contributed by atoms with Gasteiger partial charge in [0.25, 0.3) is 0 Å². The summed E-state index contributed by atoms with van der Waals surface area (Å²) in [4.78, 5) is 10.3. The first-order valence-corrected chi connectivity index (χ1v) is 5.58. The Morgan fingerprint density at radius 1 is 1.29 bits per heavy atom. The predicted octanol–water partition coefficient (Wildman–Crippen LogP) is 2.98. The van der Waals surface area contributed by atoms with Crippen LogP contribution in [0.25, 0.3) is 0 Å². The molecule has 0 fully saturated rings. The molecule has 1 atom stereocenters. The van der Waals surface area contributed by atoms with Crippen molar-refractivity contribution in [3.05, 3.63) is 46.0 Å². The van der Waals surface area contributed by atoms with Gasteiger partial charge in [0, 0.05) is 10.5 Å². The van der Waals surface area contributed by atoms with Gasteiger partial charge in [0.05, 0.1) is 5.92 Å². The largest absolute Gasteiger partial charge is 0.264 e. The summed E-state index contributed by atoms with van der Waals surface area (Å²) in [5.41, 5.74) is 0.708. The predicted molar refractivity (Wildman–Crippen MR) is 68.1 cm³/mol. The van der Waals surface area contributed by atoms with Crippen LogP contribution in [0.3, 0.4) is 0 Å². The van der Waals surface area contributed by atoms with Crippen LogP contribution in [0.4, 0.5) is 0 Å². The first kappa shape index (κ1) is 13.2. The third kappa shape index (κ3) is 4.69. The van der Waals surface area contributed by atoms with Gasteiger partial charge in [-0.1, -0.05) is 50.8 Å². The first-order valence-electron chi connectivity index (χ1n) is 5.58. The van der Waals surface area contributed by atoms with E-state index in [2.05, 4.69) is 11.8 Å². The van der Waals surface area contributed by atoms with E-state index in [0.717, 1.165) is 5.56 Å². The van der Waals surface area contributed by atoms with Crippen LogP contribution in [0, 0.1) is 33.3 Å². The lowest BCUT2D eigenvalue weighted by atomic mass is 9.81. The van der Waals surface area contributed by atoms with Crippen LogP contribution in [-0.2, 0) is 0 Å². The average molecular weight is 231 g/mol. The van der Waals surface area contributed by atoms with Gasteiger partial charge in [0.2, 0.25) is 6.54 Å². The highest BCUT2D eigenvalue weighted by Gasteiger charge is 2.27. The Hall–Kier alpha value is -1.82. The summed E-state index contributed by atoms with van der Waals surface area (Å²) in [5, 5.41) is 10.6. The molecule has 0 aliphatic heterocycles. The van der Waals surface area contributed by atoms with Gasteiger partial charge >= 0.3 is 0 Å². The number of hydrogen-bond acceptors (Lipinski definition) is 2. The number of benzene rings is 1. The van der Waals surface area contributed by atoms with Crippen molar-refractivity contribution < 1.29 is 4.92 Å². The maximum atomic E-state index is 10.6. The lowest BCUT2D eigenvalue weighted by molar-refractivity contribution is -0.488. The second-order valence-corrected chi connectivity index (χ2v) is 5.07. The molecule has 0 radical (unpaired) electrons. The number of nitro groups is 1. The van der Waals surface area contributed by atoms with Gasteiger partial charge in [0.15, 0.2) is 0 Å². The molecule has 3 nitrogen and oxygen atoms in total. The number of nitrogens with zero attached hydrogens (tertiary/aromatic N) is 1. The molecule has 0 aromatic heterocycles. The van der Waals surface area contributed by atoms with Crippen molar-refractivity contribution in [2.45, 2.75) is 20.8 Å². The topological polar surface area (TPSA) is 43.1 Å². The fraction of sp³-hybridized carbons (Fsp3) is 0.429. The Kier molecular flexibility index (Phi) is 4.28. The molecule has 0 aliphatic rings. The van der Waals surface area contributed by atoms with Crippen molar-refractivity contribution in [3.8, 4) is 11.8 Å². The van der Waals surface area contributed by atoms with Gasteiger partial charge in [-0.3, -0.25) is 10.1 Å². The van der Waals surface area contributed by atoms with E-state index in [1.165, 1.54) is 0 Å². The Labute approximate surface area is 102 Å². The second-order valence-electron chi connectivity index (χ2n) is 5.07. The van der Waals surface area contributed by atoms with E-state index in [-0.39, 0.29) is 22.8 Å². The van der Waals surface area contributed by atoms with E-state index in [1.807, 2.05) is 51.1 Å². The third-order valence-electron chi connectivity index (χ3n) is 2.54. The zero-order valence-electron chi connectivity index (χ0n) is 10.4. The molecular formula is C14H17NO2. The van der Waals surface area contributed by atoms with Crippen molar-refractivity contribution >= 4 is 0 Å². The fourth-order valence-corrected chi connectivity index (χ4v) is 1.38. The van der Waals surface area contributed by atoms with Crippen molar-refractivity contribution in [1.82, 2.24) is 0 Å². The average Bonchev–Trinajstić information content (AvgIpc) is 2.23. The van der Waals surface area contributed by atoms with E-state index in [1.54, 1.807) is 0 Å². The van der Waals surface area contributed by atoms with Gasteiger partial charge in [-0.05, 0) is 17.5 Å². The fourth-order valence-electron chi connectivity index (χ4n) is 1.38.